The Balaban J connectivity index is 2.01. The van der Waals surface area contributed by atoms with Gasteiger partial charge in [-0.15, -0.1) is 0 Å². The number of hydrogen-bond donors (Lipinski definition) is 1. The van der Waals surface area contributed by atoms with Crippen LogP contribution in [0.4, 0.5) is 0 Å². The molecule has 1 unspecified atom stereocenters. The highest BCUT2D eigenvalue weighted by Gasteiger charge is 2.38. The minimum absolute atomic E-state index is 0.0342. The molecule has 1 fully saturated rings. The third-order valence-corrected chi connectivity index (χ3v) is 3.54. The number of likely N-dealkylation sites (tertiary alicyclic amines) is 1. The molecule has 2 rings (SSSR count). The molecule has 0 aromatic carbocycles. The number of hydrogen-bond acceptors (Lipinski definition) is 4. The van der Waals surface area contributed by atoms with Crippen LogP contribution in [-0.2, 0) is 4.79 Å². The van der Waals surface area contributed by atoms with Crippen LogP contribution in [0.2, 0.25) is 0 Å². The van der Waals surface area contributed by atoms with Crippen LogP contribution in [0.3, 0.4) is 0 Å². The van der Waals surface area contributed by atoms with Gasteiger partial charge in [0.2, 0.25) is 0 Å². The number of aryl methyl sites for hydroxylation is 2. The first-order chi connectivity index (χ1) is 8.41. The van der Waals surface area contributed by atoms with E-state index in [-0.39, 0.29) is 11.8 Å². The first-order valence-electron chi connectivity index (χ1n) is 5.86. The van der Waals surface area contributed by atoms with Crippen LogP contribution in [0.25, 0.3) is 0 Å². The molecule has 0 radical (unpaired) electrons. The summed E-state index contributed by atoms with van der Waals surface area (Å²) in [6.07, 6.45) is 0. The molecule has 6 nitrogen and oxygen atoms in total. The van der Waals surface area contributed by atoms with Gasteiger partial charge in [-0.3, -0.25) is 9.59 Å². The fourth-order valence-corrected chi connectivity index (χ4v) is 2.14. The van der Waals surface area contributed by atoms with Crippen LogP contribution in [0.1, 0.15) is 28.7 Å². The topological polar surface area (TPSA) is 83.6 Å². The maximum Gasteiger partial charge on any atom is 0.306 e. The van der Waals surface area contributed by atoms with Gasteiger partial charge in [-0.25, -0.2) is 0 Å². The summed E-state index contributed by atoms with van der Waals surface area (Å²) in [5.41, 5.74) is 1.07. The van der Waals surface area contributed by atoms with Gasteiger partial charge in [-0.1, -0.05) is 12.1 Å². The van der Waals surface area contributed by atoms with Gasteiger partial charge >= 0.3 is 5.97 Å². The van der Waals surface area contributed by atoms with Crippen molar-refractivity contribution < 1.29 is 19.2 Å². The quantitative estimate of drug-likeness (QED) is 0.870. The zero-order chi connectivity index (χ0) is 13.4. The van der Waals surface area contributed by atoms with Crippen molar-refractivity contribution in [1.29, 1.82) is 0 Å². The fourth-order valence-electron chi connectivity index (χ4n) is 2.14. The Bertz CT molecular complexity index is 469. The maximum absolute atomic E-state index is 12.1. The molecule has 98 valence electrons. The summed E-state index contributed by atoms with van der Waals surface area (Å²) in [5.74, 6) is -0.817. The number of carbonyl (C=O) groups excluding carboxylic acids is 1. The second-order valence-corrected chi connectivity index (χ2v) is 4.80. The normalized spacial score (nSPS) is 17.4. The van der Waals surface area contributed by atoms with Crippen molar-refractivity contribution in [1.82, 2.24) is 10.1 Å². The highest BCUT2D eigenvalue weighted by Crippen LogP contribution is 2.27. The largest absolute Gasteiger partial charge is 0.481 e. The maximum atomic E-state index is 12.1. The highest BCUT2D eigenvalue weighted by atomic mass is 16.5. The fraction of sp³-hybridized carbons (Fsp3) is 0.583. The van der Waals surface area contributed by atoms with Crippen LogP contribution in [0, 0.1) is 25.7 Å². The lowest BCUT2D eigenvalue weighted by molar-refractivity contribution is -0.144. The number of carboxylic acid groups (broad SMARTS) is 1. The predicted octanol–water partition coefficient (Wildman–Crippen LogP) is 1.08. The summed E-state index contributed by atoms with van der Waals surface area (Å²) in [4.78, 5) is 24.6. The number of aliphatic carboxylic acids is 1. The Labute approximate surface area is 105 Å². The lowest BCUT2D eigenvalue weighted by Gasteiger charge is -2.41. The van der Waals surface area contributed by atoms with E-state index in [1.165, 1.54) is 0 Å². The number of nitrogens with zero attached hydrogens (tertiary/aromatic N) is 2. The van der Waals surface area contributed by atoms with Gasteiger partial charge in [0.15, 0.2) is 0 Å². The molecule has 1 aliphatic rings. The van der Waals surface area contributed by atoms with Gasteiger partial charge < -0.3 is 14.5 Å². The summed E-state index contributed by atoms with van der Waals surface area (Å²) in [7, 11) is 0. The standard InChI is InChI=1S/C12H16N2O4/c1-6(12(16)17)9-4-14(5-9)11(15)10-7(2)13-18-8(10)3/h6,9H,4-5H2,1-3H3,(H,16,17). The second kappa shape index (κ2) is 4.44. The first kappa shape index (κ1) is 12.6. The molecule has 1 aromatic rings. The SMILES string of the molecule is Cc1noc(C)c1C(=O)N1CC(C(C)C(=O)O)C1. The minimum atomic E-state index is -0.815. The zero-order valence-corrected chi connectivity index (χ0v) is 10.6. The highest BCUT2D eigenvalue weighted by molar-refractivity contribution is 5.96. The molecular weight excluding hydrogens is 236 g/mol. The van der Waals surface area contributed by atoms with Gasteiger partial charge in [-0.05, 0) is 13.8 Å². The van der Waals surface area contributed by atoms with Crippen molar-refractivity contribution in [2.45, 2.75) is 20.8 Å². The molecular formula is C12H16N2O4. The zero-order valence-electron chi connectivity index (χ0n) is 10.6. The third kappa shape index (κ3) is 1.98. The summed E-state index contributed by atoms with van der Waals surface area (Å²) >= 11 is 0. The Morgan fingerprint density at radius 2 is 2.06 bits per heavy atom. The van der Waals surface area contributed by atoms with Crippen LogP contribution in [-0.4, -0.2) is 40.1 Å². The summed E-state index contributed by atoms with van der Waals surface area (Å²) < 4.78 is 4.96. The number of rotatable bonds is 3. The smallest absolute Gasteiger partial charge is 0.306 e. The predicted molar refractivity (Wildman–Crippen MR) is 62.2 cm³/mol. The number of carbonyl (C=O) groups is 2. The molecule has 1 aromatic heterocycles. The van der Waals surface area contributed by atoms with Crippen molar-refractivity contribution in [2.75, 3.05) is 13.1 Å². The van der Waals surface area contributed by atoms with Gasteiger partial charge in [-0.2, -0.15) is 0 Å². The molecule has 1 saturated heterocycles. The minimum Gasteiger partial charge on any atom is -0.481 e. The molecule has 18 heavy (non-hydrogen) atoms. The van der Waals surface area contributed by atoms with Crippen LogP contribution in [0.15, 0.2) is 4.52 Å². The molecule has 1 atom stereocenters. The Morgan fingerprint density at radius 1 is 1.44 bits per heavy atom. The van der Waals surface area contributed by atoms with E-state index < -0.39 is 11.9 Å². The molecule has 0 saturated carbocycles. The van der Waals surface area contributed by atoms with E-state index in [2.05, 4.69) is 5.16 Å². The Hall–Kier alpha value is -1.85. The van der Waals surface area contributed by atoms with Gasteiger partial charge in [0.25, 0.3) is 5.91 Å². The molecule has 1 N–H and O–H groups in total. The van der Waals surface area contributed by atoms with Crippen LogP contribution in [0.5, 0.6) is 0 Å². The number of aromatic nitrogens is 1. The van der Waals surface area contributed by atoms with E-state index in [1.807, 2.05) is 0 Å². The van der Waals surface area contributed by atoms with E-state index in [0.717, 1.165) is 0 Å². The summed E-state index contributed by atoms with van der Waals surface area (Å²) in [6.45, 7) is 6.06. The summed E-state index contributed by atoms with van der Waals surface area (Å²) in [6, 6.07) is 0. The van der Waals surface area contributed by atoms with E-state index in [4.69, 9.17) is 9.63 Å². The molecule has 2 heterocycles. The van der Waals surface area contributed by atoms with Crippen LogP contribution >= 0.6 is 0 Å². The first-order valence-corrected chi connectivity index (χ1v) is 5.86. The lowest BCUT2D eigenvalue weighted by atomic mass is 9.86. The Kier molecular flexibility index (Phi) is 3.11. The van der Waals surface area contributed by atoms with E-state index in [1.54, 1.807) is 25.7 Å². The molecule has 0 bridgehead atoms. The van der Waals surface area contributed by atoms with Crippen molar-refractivity contribution in [3.05, 3.63) is 17.0 Å². The molecule has 1 aliphatic heterocycles. The van der Waals surface area contributed by atoms with Crippen molar-refractivity contribution in [3.63, 3.8) is 0 Å². The van der Waals surface area contributed by atoms with Gasteiger partial charge in [0.05, 0.1) is 11.6 Å². The van der Waals surface area contributed by atoms with Crippen molar-refractivity contribution >= 4 is 11.9 Å². The Morgan fingerprint density at radius 3 is 2.50 bits per heavy atom. The average Bonchev–Trinajstić information content (AvgIpc) is 2.55. The third-order valence-electron chi connectivity index (χ3n) is 3.54. The second-order valence-electron chi connectivity index (χ2n) is 4.80. The average molecular weight is 252 g/mol. The number of carboxylic acids is 1. The van der Waals surface area contributed by atoms with Crippen LogP contribution < -0.4 is 0 Å². The molecule has 0 aliphatic carbocycles. The lowest BCUT2D eigenvalue weighted by Crippen LogP contribution is -2.53. The van der Waals surface area contributed by atoms with Gasteiger partial charge in [0.1, 0.15) is 11.3 Å². The van der Waals surface area contributed by atoms with Gasteiger partial charge in [0, 0.05) is 19.0 Å². The van der Waals surface area contributed by atoms with E-state index >= 15 is 0 Å². The van der Waals surface area contributed by atoms with E-state index in [9.17, 15) is 9.59 Å². The molecule has 0 spiro atoms. The number of amides is 1. The monoisotopic (exact) mass is 252 g/mol. The molecule has 6 heteroatoms. The van der Waals surface area contributed by atoms with Crippen molar-refractivity contribution in [2.24, 2.45) is 11.8 Å². The molecule has 1 amide bonds. The van der Waals surface area contributed by atoms with Crippen molar-refractivity contribution in [3.8, 4) is 0 Å². The summed E-state index contributed by atoms with van der Waals surface area (Å²) in [5, 5.41) is 12.6. The van der Waals surface area contributed by atoms with E-state index in [0.29, 0.717) is 30.1 Å².